The summed E-state index contributed by atoms with van der Waals surface area (Å²) in [5, 5.41) is 2.68. The first kappa shape index (κ1) is 22.1. The van der Waals surface area contributed by atoms with E-state index in [2.05, 4.69) is 5.32 Å². The summed E-state index contributed by atoms with van der Waals surface area (Å²) in [5.41, 5.74) is -0.877. The third kappa shape index (κ3) is 4.17. The Morgan fingerprint density at radius 2 is 1.58 bits per heavy atom. The van der Waals surface area contributed by atoms with Gasteiger partial charge in [0.15, 0.2) is 0 Å². The number of nitrogens with one attached hydrogen (secondary N) is 1. The second kappa shape index (κ2) is 8.42. The summed E-state index contributed by atoms with van der Waals surface area (Å²) in [6.07, 6.45) is -4.59. The lowest BCUT2D eigenvalue weighted by atomic mass is 10.0. The molecule has 0 atom stereocenters. The monoisotopic (exact) mass is 456 g/mol. The van der Waals surface area contributed by atoms with Crippen molar-refractivity contribution in [2.24, 2.45) is 0 Å². The number of carbonyl (C=O) groups is 2. The molecule has 33 heavy (non-hydrogen) atoms. The Bertz CT molecular complexity index is 1270. The zero-order chi connectivity index (χ0) is 23.8. The normalized spacial score (nSPS) is 14.2. The fraction of sp³-hybridized carbons (Fsp3) is 0.0833. The topological polar surface area (TPSA) is 58.6 Å². The van der Waals surface area contributed by atoms with Crippen LogP contribution >= 0.6 is 0 Å². The van der Waals surface area contributed by atoms with Gasteiger partial charge in [-0.15, -0.1) is 0 Å². The molecule has 2 amide bonds. The van der Waals surface area contributed by atoms with Crippen LogP contribution in [-0.2, 0) is 15.8 Å². The van der Waals surface area contributed by atoms with Gasteiger partial charge in [-0.2, -0.15) is 13.2 Å². The smallest absolute Gasteiger partial charge is 0.416 e. The Morgan fingerprint density at radius 1 is 0.879 bits per heavy atom. The van der Waals surface area contributed by atoms with E-state index in [0.29, 0.717) is 0 Å². The van der Waals surface area contributed by atoms with Crippen LogP contribution in [0.5, 0.6) is 5.75 Å². The number of hydrogen-bond donors (Lipinski definition) is 1. The molecule has 1 aliphatic rings. The fourth-order valence-corrected chi connectivity index (χ4v) is 3.49. The Morgan fingerprint density at radius 3 is 2.24 bits per heavy atom. The summed E-state index contributed by atoms with van der Waals surface area (Å²) < 4.78 is 58.2. The van der Waals surface area contributed by atoms with Crippen LogP contribution < -0.4 is 15.0 Å². The number of amides is 2. The summed E-state index contributed by atoms with van der Waals surface area (Å²) in [6, 6.07) is 15.4. The van der Waals surface area contributed by atoms with Crippen LogP contribution in [0, 0.1) is 5.82 Å². The second-order valence-corrected chi connectivity index (χ2v) is 7.08. The number of anilines is 2. The minimum Gasteiger partial charge on any atom is -0.496 e. The van der Waals surface area contributed by atoms with E-state index in [1.54, 1.807) is 24.3 Å². The average molecular weight is 456 g/mol. The van der Waals surface area contributed by atoms with Crippen molar-refractivity contribution in [1.29, 1.82) is 0 Å². The van der Waals surface area contributed by atoms with Crippen molar-refractivity contribution in [2.45, 2.75) is 6.18 Å². The minimum absolute atomic E-state index is 0.0330. The zero-order valence-electron chi connectivity index (χ0n) is 17.1. The molecular formula is C24H16F4N2O3. The quantitative estimate of drug-likeness (QED) is 0.421. The van der Waals surface area contributed by atoms with Crippen LogP contribution in [0.3, 0.4) is 0 Å². The summed E-state index contributed by atoms with van der Waals surface area (Å²) in [7, 11) is 1.39. The summed E-state index contributed by atoms with van der Waals surface area (Å²) in [5.74, 6) is -1.80. The van der Waals surface area contributed by atoms with Gasteiger partial charge >= 0.3 is 6.18 Å². The molecule has 4 rings (SSSR count). The molecule has 0 unspecified atom stereocenters. The van der Waals surface area contributed by atoms with Gasteiger partial charge in [-0.3, -0.25) is 9.59 Å². The number of para-hydroxylation sites is 1. The molecule has 0 saturated heterocycles. The Hall–Kier alpha value is -4.14. The van der Waals surface area contributed by atoms with Gasteiger partial charge < -0.3 is 10.1 Å². The highest BCUT2D eigenvalue weighted by Gasteiger charge is 2.41. The molecule has 0 aliphatic carbocycles. The van der Waals surface area contributed by atoms with E-state index in [4.69, 9.17) is 4.74 Å². The molecule has 1 heterocycles. The molecule has 5 nitrogen and oxygen atoms in total. The molecule has 0 saturated carbocycles. The number of imide groups is 1. The van der Waals surface area contributed by atoms with Crippen molar-refractivity contribution in [1.82, 2.24) is 0 Å². The van der Waals surface area contributed by atoms with Crippen molar-refractivity contribution in [2.75, 3.05) is 17.3 Å². The van der Waals surface area contributed by atoms with Gasteiger partial charge in [0, 0.05) is 11.3 Å². The number of rotatable bonds is 5. The number of carbonyl (C=O) groups excluding carboxylic acids is 2. The van der Waals surface area contributed by atoms with Gasteiger partial charge in [0.05, 0.1) is 23.9 Å². The number of alkyl halides is 3. The maximum Gasteiger partial charge on any atom is 0.416 e. The Balaban J connectivity index is 1.85. The molecule has 3 aromatic carbocycles. The Labute approximate surface area is 185 Å². The van der Waals surface area contributed by atoms with Gasteiger partial charge in [-0.1, -0.05) is 24.3 Å². The van der Waals surface area contributed by atoms with Crippen LogP contribution in [0.4, 0.5) is 28.9 Å². The summed E-state index contributed by atoms with van der Waals surface area (Å²) in [6.45, 7) is 0. The largest absolute Gasteiger partial charge is 0.496 e. The van der Waals surface area contributed by atoms with E-state index >= 15 is 0 Å². The lowest BCUT2D eigenvalue weighted by Crippen LogP contribution is -2.32. The third-order valence-electron chi connectivity index (χ3n) is 5.00. The summed E-state index contributed by atoms with van der Waals surface area (Å²) >= 11 is 0. The molecule has 0 radical (unpaired) electrons. The molecule has 0 spiro atoms. The van der Waals surface area contributed by atoms with E-state index < -0.39 is 29.4 Å². The van der Waals surface area contributed by atoms with Crippen LogP contribution in [0.25, 0.3) is 5.57 Å². The maximum atomic E-state index is 13.4. The van der Waals surface area contributed by atoms with E-state index in [9.17, 15) is 27.2 Å². The standard InChI is InChI=1S/C24H16F4N2O3/c1-33-19-8-3-2-7-18(19)20-21(29-16-6-4-5-14(13-16)24(26,27)28)23(32)30(22(20)31)17-11-9-15(25)10-12-17/h2-13,29H,1H3. The zero-order valence-corrected chi connectivity index (χ0v) is 17.1. The van der Waals surface area contributed by atoms with Crippen molar-refractivity contribution in [3.05, 3.63) is 95.4 Å². The van der Waals surface area contributed by atoms with Crippen LogP contribution in [-0.4, -0.2) is 18.9 Å². The molecule has 0 aromatic heterocycles. The molecule has 1 aliphatic heterocycles. The fourth-order valence-electron chi connectivity index (χ4n) is 3.49. The van der Waals surface area contributed by atoms with Crippen molar-refractivity contribution in [3.63, 3.8) is 0 Å². The molecule has 1 N–H and O–H groups in total. The number of nitrogens with zero attached hydrogens (tertiary/aromatic N) is 1. The minimum atomic E-state index is -4.59. The number of benzene rings is 3. The highest BCUT2D eigenvalue weighted by molar-refractivity contribution is 6.46. The van der Waals surface area contributed by atoms with Crippen molar-refractivity contribution < 1.29 is 31.9 Å². The molecule has 9 heteroatoms. The first-order valence-corrected chi connectivity index (χ1v) is 9.67. The highest BCUT2D eigenvalue weighted by Crippen LogP contribution is 2.38. The van der Waals surface area contributed by atoms with E-state index in [-0.39, 0.29) is 34.0 Å². The van der Waals surface area contributed by atoms with Crippen molar-refractivity contribution in [3.8, 4) is 5.75 Å². The molecule has 168 valence electrons. The first-order valence-electron chi connectivity index (χ1n) is 9.67. The highest BCUT2D eigenvalue weighted by atomic mass is 19.4. The Kier molecular flexibility index (Phi) is 5.63. The van der Waals surface area contributed by atoms with E-state index in [1.165, 1.54) is 31.4 Å². The predicted octanol–water partition coefficient (Wildman–Crippen LogP) is 5.25. The maximum absolute atomic E-state index is 13.4. The lowest BCUT2D eigenvalue weighted by Gasteiger charge is -2.15. The van der Waals surface area contributed by atoms with Gasteiger partial charge in [-0.25, -0.2) is 9.29 Å². The van der Waals surface area contributed by atoms with Gasteiger partial charge in [0.1, 0.15) is 17.3 Å². The van der Waals surface area contributed by atoms with Gasteiger partial charge in [-0.05, 0) is 48.5 Å². The lowest BCUT2D eigenvalue weighted by molar-refractivity contribution is -0.137. The van der Waals surface area contributed by atoms with Gasteiger partial charge in [0.2, 0.25) is 0 Å². The first-order chi connectivity index (χ1) is 15.7. The van der Waals surface area contributed by atoms with Crippen molar-refractivity contribution >= 4 is 28.8 Å². The van der Waals surface area contributed by atoms with E-state index in [1.807, 2.05) is 0 Å². The SMILES string of the molecule is COc1ccccc1C1=C(Nc2cccc(C(F)(F)F)c2)C(=O)N(c2ccc(F)cc2)C1=O. The van der Waals surface area contributed by atoms with Gasteiger partial charge in [0.25, 0.3) is 11.8 Å². The van der Waals surface area contributed by atoms with Crippen LogP contribution in [0.2, 0.25) is 0 Å². The molecular weight excluding hydrogens is 440 g/mol. The molecule has 0 fully saturated rings. The van der Waals surface area contributed by atoms with Crippen LogP contribution in [0.15, 0.2) is 78.5 Å². The third-order valence-corrected chi connectivity index (χ3v) is 5.00. The number of hydrogen-bond acceptors (Lipinski definition) is 4. The predicted molar refractivity (Wildman–Crippen MR) is 114 cm³/mol. The number of halogens is 4. The second-order valence-electron chi connectivity index (χ2n) is 7.08. The molecule has 3 aromatic rings. The summed E-state index contributed by atoms with van der Waals surface area (Å²) in [4.78, 5) is 27.5. The number of ether oxygens (including phenoxy) is 1. The average Bonchev–Trinajstić information content (AvgIpc) is 3.03. The molecule has 0 bridgehead atoms. The number of methoxy groups -OCH3 is 1. The van der Waals surface area contributed by atoms with E-state index in [0.717, 1.165) is 29.2 Å². The van der Waals surface area contributed by atoms with Crippen LogP contribution in [0.1, 0.15) is 11.1 Å².